The van der Waals surface area contributed by atoms with Gasteiger partial charge in [-0.25, -0.2) is 0 Å². The second-order valence-corrected chi connectivity index (χ2v) is 3.40. The van der Waals surface area contributed by atoms with Crippen molar-refractivity contribution in [3.05, 3.63) is 58.1 Å². The molecule has 0 aliphatic rings. The molecule has 0 atom stereocenters. The first kappa shape index (κ1) is 11.0. The van der Waals surface area contributed by atoms with Gasteiger partial charge in [-0.1, -0.05) is 28.9 Å². The highest BCUT2D eigenvalue weighted by atomic mass is 16.5. The van der Waals surface area contributed by atoms with Crippen molar-refractivity contribution in [1.29, 1.82) is 0 Å². The lowest BCUT2D eigenvalue weighted by Crippen LogP contribution is -2.20. The normalized spacial score (nSPS) is 9.47. The Kier molecular flexibility index (Phi) is 2.93. The Balaban J connectivity index is 2.27. The van der Waals surface area contributed by atoms with Gasteiger partial charge in [0.25, 0.3) is 5.56 Å². The molecule has 2 aromatic rings. The molecule has 0 aliphatic carbocycles. The summed E-state index contributed by atoms with van der Waals surface area (Å²) >= 11 is 0. The summed E-state index contributed by atoms with van der Waals surface area (Å²) in [4.78, 5) is 22.8. The predicted molar refractivity (Wildman–Crippen MR) is 61.7 cm³/mol. The highest BCUT2D eigenvalue weighted by Crippen LogP contribution is 1.95. The predicted octanol–water partition coefficient (Wildman–Crippen LogP) is 1.44. The molecule has 4 nitrogen and oxygen atoms in total. The summed E-state index contributed by atoms with van der Waals surface area (Å²) in [6.07, 6.45) is 0. The molecule has 0 bridgehead atoms. The fourth-order valence-corrected chi connectivity index (χ4v) is 1.29. The van der Waals surface area contributed by atoms with Gasteiger partial charge < -0.3 is 4.52 Å². The van der Waals surface area contributed by atoms with Crippen molar-refractivity contribution < 1.29 is 9.32 Å². The van der Waals surface area contributed by atoms with Crippen molar-refractivity contribution in [2.45, 2.75) is 6.92 Å². The summed E-state index contributed by atoms with van der Waals surface area (Å²) in [7, 11) is 0. The Hall–Kier alpha value is -2.54. The van der Waals surface area contributed by atoms with Gasteiger partial charge in [0.05, 0.1) is 0 Å². The van der Waals surface area contributed by atoms with Crippen LogP contribution < -0.4 is 5.56 Å². The minimum atomic E-state index is -0.674. The third-order valence-electron chi connectivity index (χ3n) is 2.03. The molecule has 0 N–H and O–H groups in total. The molecule has 84 valence electrons. The highest BCUT2D eigenvalue weighted by molar-refractivity contribution is 5.95. The molecule has 0 saturated heterocycles. The summed E-state index contributed by atoms with van der Waals surface area (Å²) in [5.74, 6) is 4.72. The van der Waals surface area contributed by atoms with E-state index in [1.165, 1.54) is 6.07 Å². The standard InChI is InChI=1S/C13H9NO3/c1-10-9-13(16)14(17-10)12(15)8-7-11-5-3-2-4-6-11/h2-6,9H,1H3. The molecule has 0 spiro atoms. The first-order valence-electron chi connectivity index (χ1n) is 4.98. The number of benzene rings is 1. The largest absolute Gasteiger partial charge is 0.373 e. The number of rotatable bonds is 0. The fraction of sp³-hybridized carbons (Fsp3) is 0.0769. The number of hydrogen-bond donors (Lipinski definition) is 0. The highest BCUT2D eigenvalue weighted by Gasteiger charge is 2.08. The zero-order chi connectivity index (χ0) is 12.3. The maximum atomic E-state index is 11.5. The molecule has 1 heterocycles. The molecule has 0 fully saturated rings. The zero-order valence-electron chi connectivity index (χ0n) is 9.14. The van der Waals surface area contributed by atoms with Gasteiger partial charge in [0.1, 0.15) is 5.76 Å². The number of carbonyl (C=O) groups excluding carboxylic acids is 1. The molecule has 1 aromatic heterocycles. The first-order chi connectivity index (χ1) is 8.16. The van der Waals surface area contributed by atoms with E-state index in [0.717, 1.165) is 0 Å². The zero-order valence-corrected chi connectivity index (χ0v) is 9.14. The van der Waals surface area contributed by atoms with Gasteiger partial charge in [0.2, 0.25) is 0 Å². The average Bonchev–Trinajstić information content (AvgIpc) is 2.67. The summed E-state index contributed by atoms with van der Waals surface area (Å²) in [5, 5.41) is 0. The van der Waals surface area contributed by atoms with Gasteiger partial charge >= 0.3 is 5.91 Å². The number of nitrogens with zero attached hydrogens (tertiary/aromatic N) is 1. The van der Waals surface area contributed by atoms with E-state index in [1.54, 1.807) is 19.1 Å². The summed E-state index contributed by atoms with van der Waals surface area (Å²) in [5.41, 5.74) is 0.201. The molecular weight excluding hydrogens is 218 g/mol. The van der Waals surface area contributed by atoms with Crippen LogP contribution in [0.4, 0.5) is 0 Å². The van der Waals surface area contributed by atoms with Crippen molar-refractivity contribution in [2.75, 3.05) is 0 Å². The van der Waals surface area contributed by atoms with E-state index >= 15 is 0 Å². The number of carbonyl (C=O) groups is 1. The van der Waals surface area contributed by atoms with Gasteiger partial charge in [-0.05, 0) is 19.1 Å². The molecule has 4 heteroatoms. The Bertz CT molecular complexity index is 653. The van der Waals surface area contributed by atoms with Crippen LogP contribution in [0, 0.1) is 18.8 Å². The number of aromatic nitrogens is 1. The van der Waals surface area contributed by atoms with Crippen molar-refractivity contribution in [3.8, 4) is 11.8 Å². The van der Waals surface area contributed by atoms with Gasteiger partial charge in [-0.2, -0.15) is 0 Å². The van der Waals surface area contributed by atoms with Crippen LogP contribution in [-0.2, 0) is 0 Å². The van der Waals surface area contributed by atoms with Crippen LogP contribution in [0.15, 0.2) is 45.7 Å². The maximum absolute atomic E-state index is 11.5. The van der Waals surface area contributed by atoms with Crippen LogP contribution in [0.1, 0.15) is 16.1 Å². The first-order valence-corrected chi connectivity index (χ1v) is 4.98. The lowest BCUT2D eigenvalue weighted by atomic mass is 10.2. The van der Waals surface area contributed by atoms with E-state index in [1.807, 2.05) is 18.2 Å². The van der Waals surface area contributed by atoms with Crippen molar-refractivity contribution in [2.24, 2.45) is 0 Å². The molecule has 1 aromatic carbocycles. The smallest absolute Gasteiger partial charge is 0.339 e. The van der Waals surface area contributed by atoms with Crippen LogP contribution >= 0.6 is 0 Å². The van der Waals surface area contributed by atoms with Crippen molar-refractivity contribution >= 4 is 5.91 Å². The van der Waals surface area contributed by atoms with Gasteiger partial charge in [-0.3, -0.25) is 9.59 Å². The molecule has 0 saturated carbocycles. The molecule has 0 aliphatic heterocycles. The summed E-state index contributed by atoms with van der Waals surface area (Å²) < 4.78 is 5.56. The average molecular weight is 227 g/mol. The Morgan fingerprint density at radius 2 is 2.00 bits per heavy atom. The fourth-order valence-electron chi connectivity index (χ4n) is 1.29. The number of aryl methyl sites for hydroxylation is 1. The van der Waals surface area contributed by atoms with E-state index in [2.05, 4.69) is 11.8 Å². The third kappa shape index (κ3) is 2.52. The van der Waals surface area contributed by atoms with Crippen LogP contribution in [-0.4, -0.2) is 10.6 Å². The van der Waals surface area contributed by atoms with Crippen LogP contribution in [0.5, 0.6) is 0 Å². The topological polar surface area (TPSA) is 52.2 Å². The molecule has 17 heavy (non-hydrogen) atoms. The van der Waals surface area contributed by atoms with Crippen LogP contribution in [0.25, 0.3) is 0 Å². The van der Waals surface area contributed by atoms with E-state index in [4.69, 9.17) is 4.52 Å². The minimum Gasteiger partial charge on any atom is -0.373 e. The van der Waals surface area contributed by atoms with Gasteiger partial charge in [0.15, 0.2) is 0 Å². The van der Waals surface area contributed by atoms with E-state index in [-0.39, 0.29) is 0 Å². The van der Waals surface area contributed by atoms with E-state index in [9.17, 15) is 9.59 Å². The summed E-state index contributed by atoms with van der Waals surface area (Å²) in [6.45, 7) is 1.59. The number of hydrogen-bond acceptors (Lipinski definition) is 3. The lowest BCUT2D eigenvalue weighted by Gasteiger charge is -1.89. The molecule has 0 unspecified atom stereocenters. The van der Waals surface area contributed by atoms with Crippen molar-refractivity contribution in [3.63, 3.8) is 0 Å². The molecule has 0 radical (unpaired) electrons. The van der Waals surface area contributed by atoms with E-state index < -0.39 is 11.5 Å². The van der Waals surface area contributed by atoms with Crippen LogP contribution in [0.2, 0.25) is 0 Å². The maximum Gasteiger partial charge on any atom is 0.339 e. The molecule has 2 rings (SSSR count). The monoisotopic (exact) mass is 227 g/mol. The molecule has 0 amide bonds. The lowest BCUT2D eigenvalue weighted by molar-refractivity contribution is 0.0856. The van der Waals surface area contributed by atoms with Crippen LogP contribution in [0.3, 0.4) is 0 Å². The van der Waals surface area contributed by atoms with Gasteiger partial charge in [0, 0.05) is 17.6 Å². The van der Waals surface area contributed by atoms with Crippen molar-refractivity contribution in [1.82, 2.24) is 4.74 Å². The SMILES string of the molecule is Cc1cc(=O)n(C(=O)C#Cc2ccccc2)o1. The minimum absolute atomic E-state index is 0.380. The second kappa shape index (κ2) is 4.54. The van der Waals surface area contributed by atoms with E-state index in [0.29, 0.717) is 16.1 Å². The third-order valence-corrected chi connectivity index (χ3v) is 2.03. The quantitative estimate of drug-likeness (QED) is 0.640. The second-order valence-electron chi connectivity index (χ2n) is 3.40. The summed E-state index contributed by atoms with van der Waals surface area (Å²) in [6, 6.07) is 10.3. The Labute approximate surface area is 97.4 Å². The Morgan fingerprint density at radius 1 is 1.29 bits per heavy atom. The van der Waals surface area contributed by atoms with Gasteiger partial charge in [-0.15, -0.1) is 0 Å². The molecular formula is C13H9NO3. The Morgan fingerprint density at radius 3 is 2.59 bits per heavy atom.